The highest BCUT2D eigenvalue weighted by Gasteiger charge is 2.33. The van der Waals surface area contributed by atoms with Crippen molar-refractivity contribution in [2.24, 2.45) is 0 Å². The van der Waals surface area contributed by atoms with Gasteiger partial charge in [-0.2, -0.15) is 0 Å². The highest BCUT2D eigenvalue weighted by atomic mass is 79.9. The summed E-state index contributed by atoms with van der Waals surface area (Å²) >= 11 is 3.37. The van der Waals surface area contributed by atoms with Gasteiger partial charge in [-0.1, -0.05) is 15.9 Å². The Kier molecular flexibility index (Phi) is 4.39. The standard InChI is InChI=1S/C18H18BrNO3/c1-11(2)23-18(22)14-9-10-20-15(14)7-8-16(20)17(21)12-3-5-13(19)6-4-12/h3-8,11,14H,9-10H2,1-2H3. The predicted molar refractivity (Wildman–Crippen MR) is 90.6 cm³/mol. The van der Waals surface area contributed by atoms with Gasteiger partial charge < -0.3 is 9.30 Å². The van der Waals surface area contributed by atoms with E-state index < -0.39 is 0 Å². The van der Waals surface area contributed by atoms with Crippen LogP contribution in [0, 0.1) is 0 Å². The van der Waals surface area contributed by atoms with Crippen molar-refractivity contribution in [3.05, 3.63) is 57.8 Å². The van der Waals surface area contributed by atoms with Crippen LogP contribution < -0.4 is 0 Å². The number of hydrogen-bond acceptors (Lipinski definition) is 3. The molecule has 5 heteroatoms. The molecule has 2 heterocycles. The van der Waals surface area contributed by atoms with Crippen molar-refractivity contribution in [2.75, 3.05) is 0 Å². The fourth-order valence-corrected chi connectivity index (χ4v) is 3.21. The molecule has 0 radical (unpaired) electrons. The lowest BCUT2D eigenvalue weighted by Crippen LogP contribution is -2.18. The molecule has 1 aliphatic rings. The highest BCUT2D eigenvalue weighted by Crippen LogP contribution is 2.32. The Hall–Kier alpha value is -1.88. The number of hydrogen-bond donors (Lipinski definition) is 0. The van der Waals surface area contributed by atoms with Crippen molar-refractivity contribution in [1.82, 2.24) is 4.57 Å². The van der Waals surface area contributed by atoms with Gasteiger partial charge in [0.15, 0.2) is 0 Å². The first-order valence-corrected chi connectivity index (χ1v) is 8.47. The third kappa shape index (κ3) is 3.11. The van der Waals surface area contributed by atoms with Crippen LogP contribution in [0.5, 0.6) is 0 Å². The van der Waals surface area contributed by atoms with Gasteiger partial charge in [0.1, 0.15) is 0 Å². The maximum Gasteiger partial charge on any atom is 0.315 e. The number of carbonyl (C=O) groups is 2. The van der Waals surface area contributed by atoms with E-state index in [0.29, 0.717) is 24.2 Å². The molecule has 2 aromatic rings. The van der Waals surface area contributed by atoms with E-state index in [2.05, 4.69) is 15.9 Å². The smallest absolute Gasteiger partial charge is 0.315 e. The molecule has 1 atom stereocenters. The Labute approximate surface area is 143 Å². The van der Waals surface area contributed by atoms with Crippen LogP contribution in [0.2, 0.25) is 0 Å². The van der Waals surface area contributed by atoms with Crippen molar-refractivity contribution in [3.63, 3.8) is 0 Å². The van der Waals surface area contributed by atoms with E-state index in [1.807, 2.05) is 36.6 Å². The summed E-state index contributed by atoms with van der Waals surface area (Å²) in [5.41, 5.74) is 2.14. The van der Waals surface area contributed by atoms with Gasteiger partial charge in [-0.3, -0.25) is 9.59 Å². The third-order valence-electron chi connectivity index (χ3n) is 3.99. The summed E-state index contributed by atoms with van der Waals surface area (Å²) < 4.78 is 8.19. The summed E-state index contributed by atoms with van der Waals surface area (Å²) in [6.45, 7) is 4.35. The van der Waals surface area contributed by atoms with Gasteiger partial charge in [0, 0.05) is 22.3 Å². The van der Waals surface area contributed by atoms with E-state index >= 15 is 0 Å². The molecule has 1 aromatic heterocycles. The molecular weight excluding hydrogens is 358 g/mol. The zero-order valence-corrected chi connectivity index (χ0v) is 14.7. The van der Waals surface area contributed by atoms with Crippen LogP contribution in [0.15, 0.2) is 40.9 Å². The average Bonchev–Trinajstić information content (AvgIpc) is 3.07. The van der Waals surface area contributed by atoms with Crippen molar-refractivity contribution in [1.29, 1.82) is 0 Å². The second-order valence-electron chi connectivity index (χ2n) is 5.96. The van der Waals surface area contributed by atoms with Crippen LogP contribution in [0.3, 0.4) is 0 Å². The van der Waals surface area contributed by atoms with E-state index in [9.17, 15) is 9.59 Å². The number of rotatable bonds is 4. The molecule has 0 saturated carbocycles. The summed E-state index contributed by atoms with van der Waals surface area (Å²) in [6.07, 6.45) is 0.554. The molecule has 0 amide bonds. The van der Waals surface area contributed by atoms with Gasteiger partial charge in [-0.15, -0.1) is 0 Å². The van der Waals surface area contributed by atoms with Gasteiger partial charge in [-0.05, 0) is 56.7 Å². The lowest BCUT2D eigenvalue weighted by atomic mass is 10.1. The zero-order valence-electron chi connectivity index (χ0n) is 13.1. The number of nitrogens with zero attached hydrogens (tertiary/aromatic N) is 1. The maximum absolute atomic E-state index is 12.7. The number of esters is 1. The Balaban J connectivity index is 1.86. The van der Waals surface area contributed by atoms with Gasteiger partial charge in [0.2, 0.25) is 5.78 Å². The fourth-order valence-electron chi connectivity index (χ4n) is 2.94. The summed E-state index contributed by atoms with van der Waals surface area (Å²) in [5, 5.41) is 0. The molecule has 23 heavy (non-hydrogen) atoms. The number of aromatic nitrogens is 1. The minimum absolute atomic E-state index is 0.0263. The van der Waals surface area contributed by atoms with Crippen LogP contribution >= 0.6 is 15.9 Å². The van der Waals surface area contributed by atoms with E-state index in [-0.39, 0.29) is 23.8 Å². The van der Waals surface area contributed by atoms with Crippen molar-refractivity contribution >= 4 is 27.7 Å². The summed E-state index contributed by atoms with van der Waals surface area (Å²) in [6, 6.07) is 11.0. The fraction of sp³-hybridized carbons (Fsp3) is 0.333. The first kappa shape index (κ1) is 16.0. The molecular formula is C18H18BrNO3. The number of benzene rings is 1. The minimum Gasteiger partial charge on any atom is -0.462 e. The van der Waals surface area contributed by atoms with Crippen molar-refractivity contribution in [2.45, 2.75) is 38.8 Å². The van der Waals surface area contributed by atoms with Gasteiger partial charge in [0.05, 0.1) is 17.7 Å². The number of ether oxygens (including phenoxy) is 1. The zero-order chi connectivity index (χ0) is 16.6. The topological polar surface area (TPSA) is 48.3 Å². The number of halogens is 1. The maximum atomic E-state index is 12.7. The lowest BCUT2D eigenvalue weighted by molar-refractivity contribution is -0.149. The summed E-state index contributed by atoms with van der Waals surface area (Å²) in [5.74, 6) is -0.509. The molecule has 0 aliphatic carbocycles. The monoisotopic (exact) mass is 375 g/mol. The van der Waals surface area contributed by atoms with Crippen LogP contribution in [0.4, 0.5) is 0 Å². The van der Waals surface area contributed by atoms with E-state index in [4.69, 9.17) is 4.74 Å². The van der Waals surface area contributed by atoms with E-state index in [1.54, 1.807) is 18.2 Å². The number of ketones is 1. The van der Waals surface area contributed by atoms with Crippen molar-refractivity contribution < 1.29 is 14.3 Å². The summed E-state index contributed by atoms with van der Waals surface area (Å²) in [7, 11) is 0. The van der Waals surface area contributed by atoms with Gasteiger partial charge in [0.25, 0.3) is 0 Å². The van der Waals surface area contributed by atoms with Crippen LogP contribution in [0.25, 0.3) is 0 Å². The first-order chi connectivity index (χ1) is 11.0. The molecule has 1 unspecified atom stereocenters. The molecule has 0 fully saturated rings. The average molecular weight is 376 g/mol. The molecule has 0 saturated heterocycles. The van der Waals surface area contributed by atoms with Crippen LogP contribution in [-0.2, 0) is 16.1 Å². The van der Waals surface area contributed by atoms with E-state index in [0.717, 1.165) is 10.2 Å². The second-order valence-corrected chi connectivity index (χ2v) is 6.87. The Morgan fingerprint density at radius 2 is 1.87 bits per heavy atom. The number of fused-ring (bicyclic) bond motifs is 1. The Bertz CT molecular complexity index is 746. The van der Waals surface area contributed by atoms with Gasteiger partial charge >= 0.3 is 5.97 Å². The third-order valence-corrected chi connectivity index (χ3v) is 4.52. The molecule has 1 aromatic carbocycles. The molecule has 0 bridgehead atoms. The van der Waals surface area contributed by atoms with E-state index in [1.165, 1.54) is 0 Å². The molecule has 3 rings (SSSR count). The van der Waals surface area contributed by atoms with Crippen LogP contribution in [-0.4, -0.2) is 22.4 Å². The lowest BCUT2D eigenvalue weighted by Gasteiger charge is -2.12. The number of carbonyl (C=O) groups excluding carboxylic acids is 2. The normalized spacial score (nSPS) is 16.4. The summed E-state index contributed by atoms with van der Waals surface area (Å²) in [4.78, 5) is 24.9. The highest BCUT2D eigenvalue weighted by molar-refractivity contribution is 9.10. The molecule has 0 N–H and O–H groups in total. The molecule has 1 aliphatic heterocycles. The van der Waals surface area contributed by atoms with Crippen molar-refractivity contribution in [3.8, 4) is 0 Å². The van der Waals surface area contributed by atoms with Crippen LogP contribution in [0.1, 0.15) is 47.9 Å². The first-order valence-electron chi connectivity index (χ1n) is 7.67. The second kappa shape index (κ2) is 6.32. The Morgan fingerprint density at radius 1 is 1.17 bits per heavy atom. The molecule has 120 valence electrons. The van der Waals surface area contributed by atoms with Gasteiger partial charge in [-0.25, -0.2) is 0 Å². The Morgan fingerprint density at radius 3 is 2.52 bits per heavy atom. The largest absolute Gasteiger partial charge is 0.462 e. The SMILES string of the molecule is CC(C)OC(=O)C1CCn2c(C(=O)c3ccc(Br)cc3)ccc21. The minimum atomic E-state index is -0.274. The predicted octanol–water partition coefficient (Wildman–Crippen LogP) is 3.92. The molecule has 4 nitrogen and oxygen atoms in total. The molecule has 0 spiro atoms. The quantitative estimate of drug-likeness (QED) is 0.600.